The molecule has 0 spiro atoms. The van der Waals surface area contributed by atoms with E-state index in [9.17, 15) is 4.79 Å². The van der Waals surface area contributed by atoms with Gasteiger partial charge in [0, 0.05) is 5.54 Å². The molecule has 3 nitrogen and oxygen atoms in total. The summed E-state index contributed by atoms with van der Waals surface area (Å²) in [7, 11) is 0. The van der Waals surface area contributed by atoms with Crippen molar-refractivity contribution in [3.63, 3.8) is 0 Å². The van der Waals surface area contributed by atoms with E-state index in [1.54, 1.807) is 0 Å². The average Bonchev–Trinajstić information content (AvgIpc) is 1.67. The van der Waals surface area contributed by atoms with Gasteiger partial charge >= 0.3 is 5.97 Å². The summed E-state index contributed by atoms with van der Waals surface area (Å²) in [5.41, 5.74) is 6.04. The van der Waals surface area contributed by atoms with E-state index in [2.05, 4.69) is 0 Å². The summed E-state index contributed by atoms with van der Waals surface area (Å²) >= 11 is 5.02. The fourth-order valence-corrected chi connectivity index (χ4v) is 0.317. The monoisotopic (exact) mass is 135 g/mol. The molecule has 0 aliphatic carbocycles. The van der Waals surface area contributed by atoms with Gasteiger partial charge in [-0.15, -0.1) is 0 Å². The van der Waals surface area contributed by atoms with Crippen LogP contribution in [-0.4, -0.2) is 17.1 Å². The number of carboxylic acids is 1. The Hall–Kier alpha value is -0.540. The fourth-order valence-electron chi connectivity index (χ4n) is 0.161. The molecule has 0 heterocycles. The minimum absolute atomic E-state index is 0.979. The quantitative estimate of drug-likeness (QED) is 0.567. The van der Waals surface area contributed by atoms with Crippen molar-refractivity contribution in [2.24, 2.45) is 5.73 Å². The first-order valence-electron chi connectivity index (χ1n) is 1.93. The van der Waals surface area contributed by atoms with Crippen LogP contribution in [0, 0.1) is 0 Å². The molecule has 0 rings (SSSR count). The topological polar surface area (TPSA) is 63.3 Å². The van der Waals surface area contributed by atoms with E-state index < -0.39 is 12.0 Å². The van der Waals surface area contributed by atoms with Gasteiger partial charge in [-0.3, -0.25) is 4.79 Å². The summed E-state index contributed by atoms with van der Waals surface area (Å²) in [4.78, 5) is 9.85. The van der Waals surface area contributed by atoms with Crippen molar-refractivity contribution in [1.82, 2.24) is 0 Å². The predicted molar refractivity (Wildman–Crippen MR) is 30.6 cm³/mol. The molecule has 0 aromatic carbocycles. The lowest BCUT2D eigenvalue weighted by molar-refractivity contribution is -0.137. The second kappa shape index (κ2) is 3.46. The normalized spacial score (nSPS) is 14.2. The molecule has 46 valence electrons. The zero-order valence-corrected chi connectivity index (χ0v) is 4.80. The highest BCUT2D eigenvalue weighted by Crippen LogP contribution is 1.83. The molecule has 0 aromatic rings. The highest BCUT2D eigenvalue weighted by atomic mass is 35.5. The first-order valence-corrected chi connectivity index (χ1v) is 2.37. The first kappa shape index (κ1) is 7.46. The number of nitrogens with two attached hydrogens (primary N) is 1. The molecule has 4 heteroatoms. The Kier molecular flexibility index (Phi) is 3.23. The number of carboxylic acid groups (broad SMARTS) is 1. The Labute approximate surface area is 51.7 Å². The Morgan fingerprint density at radius 3 is 2.50 bits per heavy atom. The van der Waals surface area contributed by atoms with E-state index in [-0.39, 0.29) is 0 Å². The van der Waals surface area contributed by atoms with E-state index in [1.807, 2.05) is 0 Å². The van der Waals surface area contributed by atoms with Crippen LogP contribution < -0.4 is 5.73 Å². The van der Waals surface area contributed by atoms with Crippen LogP contribution in [0.4, 0.5) is 0 Å². The Bertz CT molecular complexity index is 113. The van der Waals surface area contributed by atoms with Gasteiger partial charge in [-0.2, -0.15) is 0 Å². The summed E-state index contributed by atoms with van der Waals surface area (Å²) < 4.78 is 0. The smallest absolute Gasteiger partial charge is 0.324 e. The van der Waals surface area contributed by atoms with Gasteiger partial charge in [0.2, 0.25) is 0 Å². The van der Waals surface area contributed by atoms with Crippen LogP contribution in [0.3, 0.4) is 0 Å². The molecule has 3 N–H and O–H groups in total. The zero-order chi connectivity index (χ0) is 6.57. The van der Waals surface area contributed by atoms with Crippen LogP contribution in [0.2, 0.25) is 0 Å². The molecule has 0 saturated heterocycles. The number of aliphatic carboxylic acids is 1. The molecular formula is C4H6ClNO2. The molecule has 0 fully saturated rings. The van der Waals surface area contributed by atoms with Gasteiger partial charge in [-0.1, -0.05) is 11.6 Å². The summed E-state index contributed by atoms with van der Waals surface area (Å²) in [6.07, 6.45) is 1.18. The van der Waals surface area contributed by atoms with Crippen molar-refractivity contribution in [3.8, 4) is 0 Å². The number of carbonyl (C=O) groups is 1. The fraction of sp³-hybridized carbons (Fsp3) is 0.250. The third-order valence-electron chi connectivity index (χ3n) is 0.565. The molecule has 0 unspecified atom stereocenters. The third kappa shape index (κ3) is 2.60. The van der Waals surface area contributed by atoms with E-state index in [4.69, 9.17) is 22.4 Å². The van der Waals surface area contributed by atoms with Gasteiger partial charge in [0.1, 0.15) is 6.04 Å². The summed E-state index contributed by atoms with van der Waals surface area (Å²) in [6, 6.07) is -0.979. The SMILES string of the molecule is N[C@H](C=CCl)C(=O)O. The highest BCUT2D eigenvalue weighted by Gasteiger charge is 2.04. The van der Waals surface area contributed by atoms with Gasteiger partial charge < -0.3 is 10.8 Å². The molecule has 8 heavy (non-hydrogen) atoms. The van der Waals surface area contributed by atoms with Gasteiger partial charge in [-0.05, 0) is 6.08 Å². The van der Waals surface area contributed by atoms with Crippen LogP contribution in [0.15, 0.2) is 11.6 Å². The number of halogens is 1. The summed E-state index contributed by atoms with van der Waals surface area (Å²) in [5.74, 6) is -1.08. The molecule has 1 atom stereocenters. The van der Waals surface area contributed by atoms with Gasteiger partial charge in [0.05, 0.1) is 0 Å². The average molecular weight is 136 g/mol. The largest absolute Gasteiger partial charge is 0.480 e. The zero-order valence-electron chi connectivity index (χ0n) is 4.04. The molecule has 0 saturated carbocycles. The standard InChI is InChI=1S/C4H6ClNO2/c5-2-1-3(6)4(7)8/h1-3H,6H2,(H,7,8)/t3-/m1/s1. The van der Waals surface area contributed by atoms with Gasteiger partial charge in [0.15, 0.2) is 0 Å². The minimum atomic E-state index is -1.08. The second-order valence-corrected chi connectivity index (χ2v) is 1.43. The Morgan fingerprint density at radius 1 is 1.88 bits per heavy atom. The van der Waals surface area contributed by atoms with Crippen molar-refractivity contribution >= 4 is 17.6 Å². The van der Waals surface area contributed by atoms with Crippen LogP contribution in [0.25, 0.3) is 0 Å². The van der Waals surface area contributed by atoms with Crippen LogP contribution in [0.5, 0.6) is 0 Å². The molecule has 0 aromatic heterocycles. The van der Waals surface area contributed by atoms with Crippen molar-refractivity contribution in [2.75, 3.05) is 0 Å². The van der Waals surface area contributed by atoms with Crippen molar-refractivity contribution in [3.05, 3.63) is 11.6 Å². The molecule has 0 aliphatic heterocycles. The van der Waals surface area contributed by atoms with E-state index in [1.165, 1.54) is 6.08 Å². The van der Waals surface area contributed by atoms with Crippen LogP contribution in [-0.2, 0) is 4.79 Å². The maximum absolute atomic E-state index is 9.85. The molecular weight excluding hydrogens is 130 g/mol. The number of hydrogen-bond donors (Lipinski definition) is 2. The lowest BCUT2D eigenvalue weighted by Crippen LogP contribution is -2.27. The van der Waals surface area contributed by atoms with Gasteiger partial charge in [0.25, 0.3) is 0 Å². The molecule has 0 amide bonds. The number of hydrogen-bond acceptors (Lipinski definition) is 2. The Balaban J connectivity index is 3.64. The van der Waals surface area contributed by atoms with Crippen molar-refractivity contribution < 1.29 is 9.90 Å². The number of rotatable bonds is 2. The molecule has 0 bridgehead atoms. The Morgan fingerprint density at radius 2 is 2.38 bits per heavy atom. The van der Waals surface area contributed by atoms with E-state index in [0.29, 0.717) is 0 Å². The lowest BCUT2D eigenvalue weighted by Gasteiger charge is -1.93. The first-order chi connectivity index (χ1) is 3.68. The highest BCUT2D eigenvalue weighted by molar-refractivity contribution is 6.25. The van der Waals surface area contributed by atoms with Crippen LogP contribution in [0.1, 0.15) is 0 Å². The van der Waals surface area contributed by atoms with Gasteiger partial charge in [-0.25, -0.2) is 0 Å². The third-order valence-corrected chi connectivity index (χ3v) is 0.711. The second-order valence-electron chi connectivity index (χ2n) is 1.18. The van der Waals surface area contributed by atoms with Crippen molar-refractivity contribution in [1.29, 1.82) is 0 Å². The van der Waals surface area contributed by atoms with Crippen molar-refractivity contribution in [2.45, 2.75) is 6.04 Å². The van der Waals surface area contributed by atoms with Crippen LogP contribution >= 0.6 is 11.6 Å². The molecule has 0 aliphatic rings. The summed E-state index contributed by atoms with van der Waals surface area (Å²) in [6.45, 7) is 0. The maximum atomic E-state index is 9.85. The molecule has 0 radical (unpaired) electrons. The van der Waals surface area contributed by atoms with E-state index >= 15 is 0 Å². The predicted octanol–water partition coefficient (Wildman–Crippen LogP) is 0.151. The maximum Gasteiger partial charge on any atom is 0.324 e. The minimum Gasteiger partial charge on any atom is -0.480 e. The lowest BCUT2D eigenvalue weighted by atomic mass is 10.3. The van der Waals surface area contributed by atoms with E-state index in [0.717, 1.165) is 5.54 Å². The summed E-state index contributed by atoms with van der Waals surface area (Å²) in [5, 5.41) is 8.08.